The molecule has 5 rings (SSSR count). The molecule has 0 aliphatic carbocycles. The number of hydrogen-bond donors (Lipinski definition) is 3. The fourth-order valence-corrected chi connectivity index (χ4v) is 4.94. The SMILES string of the molecule is COc1cc(F)c(-c2cc(Cn3cnc4c(N)ncnc43)c(N3CCCC(N)(C(O)C(F)F)C3)cn2)cc1F. The number of aromatic nitrogens is 5. The van der Waals surface area contributed by atoms with Gasteiger partial charge < -0.3 is 30.8 Å². The summed E-state index contributed by atoms with van der Waals surface area (Å²) in [5, 5.41) is 10.1. The normalized spacial score (nSPS) is 18.6. The minimum absolute atomic E-state index is 0.0716. The Morgan fingerprint density at radius 2 is 1.92 bits per heavy atom. The van der Waals surface area contributed by atoms with E-state index < -0.39 is 29.7 Å². The molecule has 3 aromatic heterocycles. The van der Waals surface area contributed by atoms with Gasteiger partial charge in [0.05, 0.1) is 43.1 Å². The van der Waals surface area contributed by atoms with Crippen molar-refractivity contribution >= 4 is 22.7 Å². The molecule has 0 saturated carbocycles. The summed E-state index contributed by atoms with van der Waals surface area (Å²) in [6, 6.07) is 3.50. The second kappa shape index (κ2) is 10.3. The maximum atomic E-state index is 14.9. The first-order valence-electron chi connectivity index (χ1n) is 12.0. The summed E-state index contributed by atoms with van der Waals surface area (Å²) in [6.45, 7) is 0.523. The van der Waals surface area contributed by atoms with Gasteiger partial charge in [-0.15, -0.1) is 0 Å². The van der Waals surface area contributed by atoms with E-state index >= 15 is 0 Å². The van der Waals surface area contributed by atoms with Gasteiger partial charge in [-0.2, -0.15) is 0 Å². The summed E-state index contributed by atoms with van der Waals surface area (Å²) in [4.78, 5) is 18.6. The van der Waals surface area contributed by atoms with Gasteiger partial charge in [0.15, 0.2) is 23.0 Å². The fraction of sp³-hybridized carbons (Fsp3) is 0.360. The number of benzene rings is 1. The number of aliphatic hydroxyl groups excluding tert-OH is 1. The molecule has 1 aromatic carbocycles. The smallest absolute Gasteiger partial charge is 0.265 e. The molecule has 1 fully saturated rings. The molecule has 2 atom stereocenters. The summed E-state index contributed by atoms with van der Waals surface area (Å²) in [5.41, 5.74) is 12.6. The highest BCUT2D eigenvalue weighted by Gasteiger charge is 2.43. The maximum absolute atomic E-state index is 14.9. The predicted octanol–water partition coefficient (Wildman–Crippen LogP) is 2.73. The van der Waals surface area contributed by atoms with E-state index in [1.165, 1.54) is 26.0 Å². The summed E-state index contributed by atoms with van der Waals surface area (Å²) in [6.07, 6.45) is -0.128. The molecule has 0 amide bonds. The quantitative estimate of drug-likeness (QED) is 0.298. The van der Waals surface area contributed by atoms with Crippen LogP contribution in [0.2, 0.25) is 0 Å². The Hall–Kier alpha value is -4.04. The number of ether oxygens (including phenoxy) is 1. The largest absolute Gasteiger partial charge is 0.494 e. The highest BCUT2D eigenvalue weighted by Crippen LogP contribution is 2.34. The van der Waals surface area contributed by atoms with Gasteiger partial charge in [0.25, 0.3) is 6.43 Å². The third-order valence-electron chi connectivity index (χ3n) is 6.98. The molecule has 4 aromatic rings. The number of pyridine rings is 1. The molecule has 1 aliphatic heterocycles. The zero-order chi connectivity index (χ0) is 27.9. The zero-order valence-electron chi connectivity index (χ0n) is 20.9. The lowest BCUT2D eigenvalue weighted by Crippen LogP contribution is -2.63. The summed E-state index contributed by atoms with van der Waals surface area (Å²) >= 11 is 0. The number of methoxy groups -OCH3 is 1. The Kier molecular flexibility index (Phi) is 6.99. The third kappa shape index (κ3) is 4.92. The van der Waals surface area contributed by atoms with Gasteiger partial charge in [0, 0.05) is 24.7 Å². The number of aliphatic hydroxyl groups is 1. The number of hydrogen-bond acceptors (Lipinski definition) is 9. The van der Waals surface area contributed by atoms with E-state index in [1.807, 2.05) is 0 Å². The molecule has 14 heteroatoms. The van der Waals surface area contributed by atoms with Gasteiger partial charge in [-0.05, 0) is 30.5 Å². The molecule has 39 heavy (non-hydrogen) atoms. The number of nitrogens with two attached hydrogens (primary N) is 2. The highest BCUT2D eigenvalue weighted by atomic mass is 19.3. The van der Waals surface area contributed by atoms with Crippen LogP contribution in [0.5, 0.6) is 5.75 Å². The number of nitrogen functional groups attached to an aromatic ring is 1. The highest BCUT2D eigenvalue weighted by molar-refractivity contribution is 5.81. The van der Waals surface area contributed by atoms with Crippen LogP contribution in [0.1, 0.15) is 18.4 Å². The van der Waals surface area contributed by atoms with E-state index in [0.717, 1.165) is 12.1 Å². The lowest BCUT2D eigenvalue weighted by molar-refractivity contribution is -0.0529. The van der Waals surface area contributed by atoms with Crippen molar-refractivity contribution < 1.29 is 27.4 Å². The van der Waals surface area contributed by atoms with Gasteiger partial charge in [-0.3, -0.25) is 4.98 Å². The molecule has 10 nitrogen and oxygen atoms in total. The number of rotatable bonds is 7. The van der Waals surface area contributed by atoms with Crippen molar-refractivity contribution in [1.29, 1.82) is 0 Å². The monoisotopic (exact) mass is 546 g/mol. The topological polar surface area (TPSA) is 141 Å². The molecule has 206 valence electrons. The van der Waals surface area contributed by atoms with E-state index in [1.54, 1.807) is 15.5 Å². The van der Waals surface area contributed by atoms with Gasteiger partial charge >= 0.3 is 0 Å². The number of imidazole rings is 1. The summed E-state index contributed by atoms with van der Waals surface area (Å²) < 4.78 is 62.7. The zero-order valence-corrected chi connectivity index (χ0v) is 20.9. The fourth-order valence-electron chi connectivity index (χ4n) is 4.94. The lowest BCUT2D eigenvalue weighted by Gasteiger charge is -2.44. The maximum Gasteiger partial charge on any atom is 0.265 e. The Morgan fingerprint density at radius 1 is 1.13 bits per heavy atom. The molecule has 1 aliphatic rings. The van der Waals surface area contributed by atoms with Crippen LogP contribution in [0.15, 0.2) is 37.1 Å². The second-order valence-corrected chi connectivity index (χ2v) is 9.51. The van der Waals surface area contributed by atoms with E-state index in [0.29, 0.717) is 35.4 Å². The van der Waals surface area contributed by atoms with Crippen molar-refractivity contribution in [2.75, 3.05) is 30.8 Å². The number of piperidine rings is 1. The molecule has 0 bridgehead atoms. The van der Waals surface area contributed by atoms with Gasteiger partial charge in [0.2, 0.25) is 0 Å². The number of nitrogens with zero attached hydrogens (tertiary/aromatic N) is 6. The lowest BCUT2D eigenvalue weighted by atomic mass is 9.84. The number of halogens is 4. The van der Waals surface area contributed by atoms with Crippen molar-refractivity contribution in [1.82, 2.24) is 24.5 Å². The van der Waals surface area contributed by atoms with Crippen molar-refractivity contribution in [3.8, 4) is 17.0 Å². The van der Waals surface area contributed by atoms with Crippen LogP contribution in [-0.4, -0.2) is 67.9 Å². The van der Waals surface area contributed by atoms with E-state index in [2.05, 4.69) is 19.9 Å². The van der Waals surface area contributed by atoms with E-state index in [4.69, 9.17) is 16.2 Å². The average Bonchev–Trinajstić information content (AvgIpc) is 3.33. The first-order valence-corrected chi connectivity index (χ1v) is 12.0. The molecule has 0 spiro atoms. The molecule has 5 N–H and O–H groups in total. The van der Waals surface area contributed by atoms with Crippen molar-refractivity contribution in [2.24, 2.45) is 5.73 Å². The van der Waals surface area contributed by atoms with E-state index in [-0.39, 0.29) is 42.3 Å². The Balaban J connectivity index is 1.60. The number of alkyl halides is 2. The van der Waals surface area contributed by atoms with Gasteiger partial charge in [-0.25, -0.2) is 32.5 Å². The minimum Gasteiger partial charge on any atom is -0.494 e. The molecule has 0 radical (unpaired) electrons. The summed E-state index contributed by atoms with van der Waals surface area (Å²) in [5.74, 6) is -1.57. The van der Waals surface area contributed by atoms with Crippen LogP contribution < -0.4 is 21.1 Å². The van der Waals surface area contributed by atoms with Gasteiger partial charge in [-0.1, -0.05) is 0 Å². The van der Waals surface area contributed by atoms with Gasteiger partial charge in [0.1, 0.15) is 23.8 Å². The van der Waals surface area contributed by atoms with Crippen molar-refractivity contribution in [2.45, 2.75) is 37.5 Å². The predicted molar refractivity (Wildman–Crippen MR) is 135 cm³/mol. The average molecular weight is 547 g/mol. The number of fused-ring (bicyclic) bond motifs is 1. The van der Waals surface area contributed by atoms with E-state index in [9.17, 15) is 22.7 Å². The van der Waals surface area contributed by atoms with Crippen LogP contribution in [0.25, 0.3) is 22.4 Å². The summed E-state index contributed by atoms with van der Waals surface area (Å²) in [7, 11) is 1.23. The molecular weight excluding hydrogens is 520 g/mol. The van der Waals surface area contributed by atoms with Crippen molar-refractivity contribution in [3.63, 3.8) is 0 Å². The molecule has 1 saturated heterocycles. The van der Waals surface area contributed by atoms with Crippen LogP contribution in [0.4, 0.5) is 29.1 Å². The van der Waals surface area contributed by atoms with Crippen LogP contribution in [0, 0.1) is 11.6 Å². The Bertz CT molecular complexity index is 1520. The second-order valence-electron chi connectivity index (χ2n) is 9.51. The van der Waals surface area contributed by atoms with Crippen LogP contribution in [-0.2, 0) is 6.54 Å². The third-order valence-corrected chi connectivity index (χ3v) is 6.98. The minimum atomic E-state index is -3.01. The molecule has 4 heterocycles. The number of anilines is 2. The molecule has 2 unspecified atom stereocenters. The first-order chi connectivity index (χ1) is 18.6. The first kappa shape index (κ1) is 26.6. The molecular formula is C25H26F4N8O2. The Morgan fingerprint density at radius 3 is 2.67 bits per heavy atom. The van der Waals surface area contributed by atoms with Crippen LogP contribution in [0.3, 0.4) is 0 Å². The standard InChI is InChI=1S/C25H26F4N8O2/c1-39-19-7-15(26)14(6-16(19)27)17-5-13(9-37-12-35-20-23(30)33-11-34-24(20)37)18(8-32-17)36-4-2-3-25(31,10-36)21(38)22(28)29/h5-8,11-12,21-22,38H,2-4,9-10,31H2,1H3,(H2,30,33,34). The van der Waals surface area contributed by atoms with Crippen molar-refractivity contribution in [3.05, 3.63) is 54.2 Å². The van der Waals surface area contributed by atoms with Crippen LogP contribution >= 0.6 is 0 Å². The Labute approximate surface area is 220 Å².